The number of aliphatic hydroxyl groups is 1. The standard InChI is InChI=1S/C13H21NO3S/c1-5-13(3,4)14-18(16,17)12-7-6-10(2)11(8-12)9-15/h6-8,14-15H,5,9H2,1-4H3. The summed E-state index contributed by atoms with van der Waals surface area (Å²) in [6, 6.07) is 4.78. The summed E-state index contributed by atoms with van der Waals surface area (Å²) in [7, 11) is -3.54. The Morgan fingerprint density at radius 1 is 1.33 bits per heavy atom. The zero-order valence-electron chi connectivity index (χ0n) is 11.3. The van der Waals surface area contributed by atoms with Crippen molar-refractivity contribution in [2.45, 2.75) is 51.2 Å². The van der Waals surface area contributed by atoms with Gasteiger partial charge in [-0.15, -0.1) is 0 Å². The molecule has 0 amide bonds. The van der Waals surface area contributed by atoms with Crippen molar-refractivity contribution in [1.29, 1.82) is 0 Å². The molecule has 0 bridgehead atoms. The molecule has 0 aliphatic rings. The zero-order valence-corrected chi connectivity index (χ0v) is 12.1. The summed E-state index contributed by atoms with van der Waals surface area (Å²) >= 11 is 0. The molecular formula is C13H21NO3S. The van der Waals surface area contributed by atoms with Gasteiger partial charge in [0.05, 0.1) is 11.5 Å². The van der Waals surface area contributed by atoms with Crippen LogP contribution in [0.25, 0.3) is 0 Å². The molecule has 0 radical (unpaired) electrons. The van der Waals surface area contributed by atoms with Gasteiger partial charge in [-0.2, -0.15) is 0 Å². The first-order chi connectivity index (χ1) is 8.22. The van der Waals surface area contributed by atoms with Gasteiger partial charge in [0, 0.05) is 5.54 Å². The predicted molar refractivity (Wildman–Crippen MR) is 71.8 cm³/mol. The predicted octanol–water partition coefficient (Wildman–Crippen LogP) is 1.95. The van der Waals surface area contributed by atoms with Gasteiger partial charge in [-0.1, -0.05) is 13.0 Å². The fraction of sp³-hybridized carbons (Fsp3) is 0.538. The van der Waals surface area contributed by atoms with Crippen LogP contribution in [0.5, 0.6) is 0 Å². The maximum Gasteiger partial charge on any atom is 0.241 e. The van der Waals surface area contributed by atoms with Crippen LogP contribution < -0.4 is 4.72 Å². The van der Waals surface area contributed by atoms with Crippen molar-refractivity contribution < 1.29 is 13.5 Å². The highest BCUT2D eigenvalue weighted by Crippen LogP contribution is 2.18. The lowest BCUT2D eigenvalue weighted by molar-refractivity contribution is 0.280. The van der Waals surface area contributed by atoms with Crippen LogP contribution in [0.15, 0.2) is 23.1 Å². The largest absolute Gasteiger partial charge is 0.392 e. The van der Waals surface area contributed by atoms with Gasteiger partial charge in [-0.25, -0.2) is 13.1 Å². The van der Waals surface area contributed by atoms with E-state index in [1.165, 1.54) is 6.07 Å². The summed E-state index contributed by atoms with van der Waals surface area (Å²) < 4.78 is 27.0. The zero-order chi connectivity index (χ0) is 14.0. The van der Waals surface area contributed by atoms with Crippen LogP contribution in [-0.2, 0) is 16.6 Å². The molecule has 0 unspecified atom stereocenters. The highest BCUT2D eigenvalue weighted by Gasteiger charge is 2.24. The van der Waals surface area contributed by atoms with E-state index < -0.39 is 15.6 Å². The second-order valence-electron chi connectivity index (χ2n) is 5.09. The maximum absolute atomic E-state index is 12.2. The molecule has 0 fully saturated rings. The third-order valence-electron chi connectivity index (χ3n) is 3.10. The van der Waals surface area contributed by atoms with E-state index in [2.05, 4.69) is 4.72 Å². The number of hydrogen-bond donors (Lipinski definition) is 2. The molecule has 0 saturated carbocycles. The van der Waals surface area contributed by atoms with Gasteiger partial charge in [0.25, 0.3) is 0 Å². The molecule has 0 aliphatic carbocycles. The molecule has 1 aromatic carbocycles. The van der Waals surface area contributed by atoms with Crippen LogP contribution in [0.4, 0.5) is 0 Å². The molecule has 0 spiro atoms. The van der Waals surface area contributed by atoms with Crippen LogP contribution in [0, 0.1) is 6.92 Å². The molecule has 0 saturated heterocycles. The molecule has 0 heterocycles. The minimum Gasteiger partial charge on any atom is -0.392 e. The second kappa shape index (κ2) is 5.38. The van der Waals surface area contributed by atoms with Crippen molar-refractivity contribution in [2.75, 3.05) is 0 Å². The minimum atomic E-state index is -3.54. The van der Waals surface area contributed by atoms with Gasteiger partial charge >= 0.3 is 0 Å². The summed E-state index contributed by atoms with van der Waals surface area (Å²) in [6.07, 6.45) is 0.699. The van der Waals surface area contributed by atoms with Crippen LogP contribution >= 0.6 is 0 Å². The third kappa shape index (κ3) is 3.54. The van der Waals surface area contributed by atoms with E-state index >= 15 is 0 Å². The van der Waals surface area contributed by atoms with Crippen molar-refractivity contribution in [3.8, 4) is 0 Å². The van der Waals surface area contributed by atoms with Gasteiger partial charge in [0.2, 0.25) is 10.0 Å². The van der Waals surface area contributed by atoms with Crippen molar-refractivity contribution in [3.05, 3.63) is 29.3 Å². The first-order valence-electron chi connectivity index (χ1n) is 5.96. The Balaban J connectivity index is 3.13. The van der Waals surface area contributed by atoms with Gasteiger partial charge in [0.15, 0.2) is 0 Å². The average Bonchev–Trinajstić information content (AvgIpc) is 2.28. The van der Waals surface area contributed by atoms with E-state index in [-0.39, 0.29) is 11.5 Å². The highest BCUT2D eigenvalue weighted by molar-refractivity contribution is 7.89. The number of aryl methyl sites for hydroxylation is 1. The Labute approximate surface area is 109 Å². The van der Waals surface area contributed by atoms with Crippen molar-refractivity contribution in [1.82, 2.24) is 4.72 Å². The van der Waals surface area contributed by atoms with E-state index in [9.17, 15) is 13.5 Å². The van der Waals surface area contributed by atoms with E-state index in [1.807, 2.05) is 27.7 Å². The van der Waals surface area contributed by atoms with Crippen LogP contribution in [0.3, 0.4) is 0 Å². The van der Waals surface area contributed by atoms with Gasteiger partial charge in [0.1, 0.15) is 0 Å². The van der Waals surface area contributed by atoms with Crippen LogP contribution in [0.1, 0.15) is 38.3 Å². The lowest BCUT2D eigenvalue weighted by Gasteiger charge is -2.24. The van der Waals surface area contributed by atoms with Crippen molar-refractivity contribution in [2.24, 2.45) is 0 Å². The first kappa shape index (κ1) is 15.1. The molecule has 18 heavy (non-hydrogen) atoms. The summed E-state index contributed by atoms with van der Waals surface area (Å²) in [5, 5.41) is 9.17. The number of rotatable bonds is 5. The van der Waals surface area contributed by atoms with E-state index in [4.69, 9.17) is 0 Å². The smallest absolute Gasteiger partial charge is 0.241 e. The molecule has 0 atom stereocenters. The topological polar surface area (TPSA) is 66.4 Å². The molecule has 5 heteroatoms. The summed E-state index contributed by atoms with van der Waals surface area (Å²) in [6.45, 7) is 7.28. The SMILES string of the molecule is CCC(C)(C)NS(=O)(=O)c1ccc(C)c(CO)c1. The molecule has 102 valence electrons. The average molecular weight is 271 g/mol. The number of hydrogen-bond acceptors (Lipinski definition) is 3. The quantitative estimate of drug-likeness (QED) is 0.860. The summed E-state index contributed by atoms with van der Waals surface area (Å²) in [4.78, 5) is 0.193. The van der Waals surface area contributed by atoms with Gasteiger partial charge < -0.3 is 5.11 Å². The maximum atomic E-state index is 12.2. The molecule has 1 rings (SSSR count). The Bertz CT molecular complexity index is 521. The third-order valence-corrected chi connectivity index (χ3v) is 4.79. The first-order valence-corrected chi connectivity index (χ1v) is 7.44. The number of nitrogens with one attached hydrogen (secondary N) is 1. The summed E-state index contributed by atoms with van der Waals surface area (Å²) in [5.74, 6) is 0. The van der Waals surface area contributed by atoms with Crippen LogP contribution in [-0.4, -0.2) is 19.1 Å². The van der Waals surface area contributed by atoms with E-state index in [1.54, 1.807) is 12.1 Å². The summed E-state index contributed by atoms with van der Waals surface area (Å²) in [5.41, 5.74) is 1.03. The Kier molecular flexibility index (Phi) is 4.53. The lowest BCUT2D eigenvalue weighted by Crippen LogP contribution is -2.42. The fourth-order valence-corrected chi connectivity index (χ4v) is 3.01. The molecule has 1 aromatic rings. The number of aliphatic hydroxyl groups excluding tert-OH is 1. The van der Waals surface area contributed by atoms with E-state index in [0.717, 1.165) is 5.56 Å². The van der Waals surface area contributed by atoms with Gasteiger partial charge in [-0.05, 0) is 50.5 Å². The van der Waals surface area contributed by atoms with Gasteiger partial charge in [-0.3, -0.25) is 0 Å². The van der Waals surface area contributed by atoms with Crippen molar-refractivity contribution in [3.63, 3.8) is 0 Å². The highest BCUT2D eigenvalue weighted by atomic mass is 32.2. The fourth-order valence-electron chi connectivity index (χ4n) is 1.48. The van der Waals surface area contributed by atoms with Crippen molar-refractivity contribution >= 4 is 10.0 Å². The lowest BCUT2D eigenvalue weighted by atomic mass is 10.0. The second-order valence-corrected chi connectivity index (χ2v) is 6.77. The number of benzene rings is 1. The molecular weight excluding hydrogens is 250 g/mol. The molecule has 4 nitrogen and oxygen atoms in total. The molecule has 2 N–H and O–H groups in total. The molecule has 0 aliphatic heterocycles. The Morgan fingerprint density at radius 3 is 2.44 bits per heavy atom. The Morgan fingerprint density at radius 2 is 1.94 bits per heavy atom. The minimum absolute atomic E-state index is 0.160. The Hall–Kier alpha value is -0.910. The normalized spacial score (nSPS) is 12.7. The number of sulfonamides is 1. The van der Waals surface area contributed by atoms with Crippen LogP contribution in [0.2, 0.25) is 0 Å². The molecule has 0 aromatic heterocycles. The monoisotopic (exact) mass is 271 g/mol. The van der Waals surface area contributed by atoms with E-state index in [0.29, 0.717) is 12.0 Å².